The van der Waals surface area contributed by atoms with Gasteiger partial charge in [-0.3, -0.25) is 4.98 Å². The molecule has 5 nitrogen and oxygen atoms in total. The predicted octanol–water partition coefficient (Wildman–Crippen LogP) is 4.50. The summed E-state index contributed by atoms with van der Waals surface area (Å²) < 4.78 is 11.8. The quantitative estimate of drug-likeness (QED) is 0.783. The van der Waals surface area contributed by atoms with Crippen LogP contribution >= 0.6 is 0 Å². The lowest BCUT2D eigenvalue weighted by atomic mass is 9.93. The standard InChI is InChI=1S/C21H28N2O3/c1-20(2,3)26-19(24)23-12-9-16(14-23)25-17-13-21(4,5)10-8-15-7-6-11-22-18(15)17/h6-8,10-11,13,16H,9,12,14H2,1-5H3. The van der Waals surface area contributed by atoms with E-state index in [1.165, 1.54) is 0 Å². The Kier molecular flexibility index (Phi) is 4.82. The van der Waals surface area contributed by atoms with Gasteiger partial charge in [-0.1, -0.05) is 32.1 Å². The summed E-state index contributed by atoms with van der Waals surface area (Å²) in [5.74, 6) is 0.784. The summed E-state index contributed by atoms with van der Waals surface area (Å²) in [6, 6.07) is 3.97. The normalized spacial score (nSPS) is 21.7. The highest BCUT2D eigenvalue weighted by Gasteiger charge is 2.32. The summed E-state index contributed by atoms with van der Waals surface area (Å²) in [6.45, 7) is 11.1. The van der Waals surface area contributed by atoms with Gasteiger partial charge in [-0.25, -0.2) is 4.79 Å². The molecule has 1 amide bonds. The molecular weight excluding hydrogens is 328 g/mol. The van der Waals surface area contributed by atoms with Crippen molar-refractivity contribution in [2.75, 3.05) is 13.1 Å². The van der Waals surface area contributed by atoms with E-state index in [0.717, 1.165) is 23.4 Å². The molecular formula is C21H28N2O3. The number of aromatic nitrogens is 1. The number of likely N-dealkylation sites (tertiary alicyclic amines) is 1. The first-order valence-electron chi connectivity index (χ1n) is 9.15. The molecule has 1 unspecified atom stereocenters. The molecule has 1 fully saturated rings. The zero-order valence-electron chi connectivity index (χ0n) is 16.3. The van der Waals surface area contributed by atoms with Crippen LogP contribution in [0.15, 0.2) is 30.5 Å². The van der Waals surface area contributed by atoms with Gasteiger partial charge in [0.1, 0.15) is 23.2 Å². The lowest BCUT2D eigenvalue weighted by molar-refractivity contribution is 0.0270. The molecule has 1 aromatic heterocycles. The summed E-state index contributed by atoms with van der Waals surface area (Å²) in [6.07, 6.45) is 8.59. The molecule has 1 aliphatic carbocycles. The summed E-state index contributed by atoms with van der Waals surface area (Å²) in [7, 11) is 0. The summed E-state index contributed by atoms with van der Waals surface area (Å²) >= 11 is 0. The van der Waals surface area contributed by atoms with E-state index in [1.807, 2.05) is 32.9 Å². The second-order valence-electron chi connectivity index (χ2n) is 8.56. The van der Waals surface area contributed by atoms with E-state index in [1.54, 1.807) is 11.1 Å². The Morgan fingerprint density at radius 3 is 2.85 bits per heavy atom. The molecule has 0 radical (unpaired) electrons. The van der Waals surface area contributed by atoms with E-state index in [-0.39, 0.29) is 17.6 Å². The van der Waals surface area contributed by atoms with Gasteiger partial charge in [0.05, 0.1) is 6.54 Å². The second-order valence-corrected chi connectivity index (χ2v) is 8.56. The van der Waals surface area contributed by atoms with Crippen molar-refractivity contribution in [2.45, 2.75) is 52.7 Å². The van der Waals surface area contributed by atoms with Crippen LogP contribution in [-0.2, 0) is 9.47 Å². The van der Waals surface area contributed by atoms with E-state index in [9.17, 15) is 4.79 Å². The minimum Gasteiger partial charge on any atom is -0.487 e. The molecule has 0 bridgehead atoms. The number of hydrogen-bond donors (Lipinski definition) is 0. The first-order valence-corrected chi connectivity index (χ1v) is 9.15. The van der Waals surface area contributed by atoms with Crippen LogP contribution in [0, 0.1) is 5.41 Å². The highest BCUT2D eigenvalue weighted by Crippen LogP contribution is 2.34. The molecule has 0 saturated carbocycles. The molecule has 2 heterocycles. The van der Waals surface area contributed by atoms with Gasteiger partial charge in [0.25, 0.3) is 0 Å². The van der Waals surface area contributed by atoms with E-state index in [0.29, 0.717) is 13.1 Å². The number of amides is 1. The van der Waals surface area contributed by atoms with Crippen LogP contribution in [0.25, 0.3) is 11.8 Å². The van der Waals surface area contributed by atoms with Crippen molar-refractivity contribution >= 4 is 17.9 Å². The van der Waals surface area contributed by atoms with Crippen LogP contribution in [-0.4, -0.2) is 40.8 Å². The van der Waals surface area contributed by atoms with Crippen molar-refractivity contribution in [3.8, 4) is 0 Å². The number of carbonyl (C=O) groups excluding carboxylic acids is 1. The van der Waals surface area contributed by atoms with E-state index < -0.39 is 5.60 Å². The Morgan fingerprint density at radius 2 is 2.12 bits per heavy atom. The summed E-state index contributed by atoms with van der Waals surface area (Å²) in [4.78, 5) is 18.5. The smallest absolute Gasteiger partial charge is 0.410 e. The average molecular weight is 356 g/mol. The SMILES string of the molecule is CC1(C)C=Cc2cccnc2C(OC2CCN(C(=O)OC(C)(C)C)C2)=C1. The zero-order chi connectivity index (χ0) is 18.9. The Morgan fingerprint density at radius 1 is 1.35 bits per heavy atom. The molecule has 1 aromatic rings. The maximum absolute atomic E-state index is 12.3. The van der Waals surface area contributed by atoms with Crippen LogP contribution in [0.3, 0.4) is 0 Å². The molecule has 1 saturated heterocycles. The van der Waals surface area contributed by atoms with Crippen molar-refractivity contribution in [3.63, 3.8) is 0 Å². The first kappa shape index (κ1) is 18.5. The van der Waals surface area contributed by atoms with Crippen LogP contribution in [0.1, 0.15) is 52.3 Å². The molecule has 2 aliphatic rings. The summed E-state index contributed by atoms with van der Waals surface area (Å²) in [5, 5.41) is 0. The molecule has 3 rings (SSSR count). The van der Waals surface area contributed by atoms with Crippen LogP contribution in [0.4, 0.5) is 4.79 Å². The fourth-order valence-electron chi connectivity index (χ4n) is 3.10. The fourth-order valence-corrected chi connectivity index (χ4v) is 3.10. The maximum atomic E-state index is 12.3. The van der Waals surface area contributed by atoms with E-state index in [4.69, 9.17) is 9.47 Å². The highest BCUT2D eigenvalue weighted by molar-refractivity contribution is 5.71. The van der Waals surface area contributed by atoms with E-state index in [2.05, 4.69) is 37.1 Å². The van der Waals surface area contributed by atoms with Crippen molar-refractivity contribution in [1.82, 2.24) is 9.88 Å². The topological polar surface area (TPSA) is 51.7 Å². The Hall–Kier alpha value is -2.30. The predicted molar refractivity (Wildman–Crippen MR) is 102 cm³/mol. The minimum atomic E-state index is -0.488. The van der Waals surface area contributed by atoms with Gasteiger partial charge in [0, 0.05) is 30.1 Å². The molecule has 5 heteroatoms. The van der Waals surface area contributed by atoms with Crippen LogP contribution in [0.5, 0.6) is 0 Å². The van der Waals surface area contributed by atoms with Gasteiger partial charge >= 0.3 is 6.09 Å². The maximum Gasteiger partial charge on any atom is 0.410 e. The fraction of sp³-hybridized carbons (Fsp3) is 0.524. The first-order chi connectivity index (χ1) is 12.1. The van der Waals surface area contributed by atoms with Gasteiger partial charge in [0.15, 0.2) is 0 Å². The number of rotatable bonds is 2. The number of hydrogen-bond acceptors (Lipinski definition) is 4. The third-order valence-electron chi connectivity index (χ3n) is 4.36. The Bertz CT molecular complexity index is 744. The number of carbonyl (C=O) groups is 1. The molecule has 140 valence electrons. The van der Waals surface area contributed by atoms with Crippen LogP contribution in [0.2, 0.25) is 0 Å². The van der Waals surface area contributed by atoms with Crippen molar-refractivity contribution in [2.24, 2.45) is 5.41 Å². The third-order valence-corrected chi connectivity index (χ3v) is 4.36. The third kappa shape index (κ3) is 4.45. The number of pyridine rings is 1. The minimum absolute atomic E-state index is 0.0578. The lowest BCUT2D eigenvalue weighted by Gasteiger charge is -2.24. The lowest BCUT2D eigenvalue weighted by Crippen LogP contribution is -2.36. The van der Waals surface area contributed by atoms with Gasteiger partial charge in [-0.2, -0.15) is 0 Å². The van der Waals surface area contributed by atoms with Gasteiger partial charge in [-0.05, 0) is 32.9 Å². The van der Waals surface area contributed by atoms with E-state index >= 15 is 0 Å². The zero-order valence-corrected chi connectivity index (χ0v) is 16.3. The molecule has 0 spiro atoms. The molecule has 0 N–H and O–H groups in total. The highest BCUT2D eigenvalue weighted by atomic mass is 16.6. The van der Waals surface area contributed by atoms with Crippen molar-refractivity contribution in [1.29, 1.82) is 0 Å². The molecule has 1 aliphatic heterocycles. The van der Waals surface area contributed by atoms with Gasteiger partial charge in [-0.15, -0.1) is 0 Å². The Labute approximate surface area is 155 Å². The molecule has 0 aromatic carbocycles. The Balaban J connectivity index is 1.73. The number of nitrogens with zero attached hydrogens (tertiary/aromatic N) is 2. The van der Waals surface area contributed by atoms with Crippen molar-refractivity contribution in [3.05, 3.63) is 41.7 Å². The number of fused-ring (bicyclic) bond motifs is 1. The van der Waals surface area contributed by atoms with Gasteiger partial charge in [0.2, 0.25) is 0 Å². The molecule has 1 atom stereocenters. The summed E-state index contributed by atoms with van der Waals surface area (Å²) in [5.41, 5.74) is 1.29. The average Bonchev–Trinajstić information content (AvgIpc) is 2.95. The monoisotopic (exact) mass is 356 g/mol. The molecule has 26 heavy (non-hydrogen) atoms. The van der Waals surface area contributed by atoms with Gasteiger partial charge < -0.3 is 14.4 Å². The number of allylic oxidation sites excluding steroid dienone is 2. The largest absolute Gasteiger partial charge is 0.487 e. The van der Waals surface area contributed by atoms with Crippen molar-refractivity contribution < 1.29 is 14.3 Å². The second kappa shape index (κ2) is 6.78. The number of ether oxygens (including phenoxy) is 2. The van der Waals surface area contributed by atoms with Crippen LogP contribution < -0.4 is 0 Å².